The summed E-state index contributed by atoms with van der Waals surface area (Å²) in [6, 6.07) is 0.878. The molecule has 2 aromatic heterocycles. The zero-order valence-electron chi connectivity index (χ0n) is 19.4. The fourth-order valence-electron chi connectivity index (χ4n) is 4.71. The Hall–Kier alpha value is -2.76. The van der Waals surface area contributed by atoms with Crippen LogP contribution in [0.2, 0.25) is 0 Å². The maximum atomic E-state index is 13.2. The maximum Gasteiger partial charge on any atom is 0.243 e. The number of piperidine rings is 1. The van der Waals surface area contributed by atoms with Crippen LogP contribution in [0.1, 0.15) is 56.3 Å². The van der Waals surface area contributed by atoms with Crippen LogP contribution in [-0.2, 0) is 9.59 Å². The molecular formula is C22H35N9O2. The van der Waals surface area contributed by atoms with E-state index in [1.807, 2.05) is 19.2 Å². The summed E-state index contributed by atoms with van der Waals surface area (Å²) in [5.74, 6) is 0.409. The van der Waals surface area contributed by atoms with E-state index in [-0.39, 0.29) is 30.3 Å². The Kier molecular flexibility index (Phi) is 6.82. The van der Waals surface area contributed by atoms with E-state index in [2.05, 4.69) is 10.2 Å². The first-order valence-corrected chi connectivity index (χ1v) is 11.8. The van der Waals surface area contributed by atoms with Gasteiger partial charge in [-0.2, -0.15) is 5.10 Å². The normalized spacial score (nSPS) is 23.1. The zero-order valence-corrected chi connectivity index (χ0v) is 19.4. The highest BCUT2D eigenvalue weighted by Gasteiger charge is 2.35. The van der Waals surface area contributed by atoms with Crippen LogP contribution in [0.25, 0.3) is 5.65 Å². The molecule has 2 aromatic rings. The SMILES string of the molecule is CCC(=O)NC(N)C(N)C(=O)N1CCCC[C@H]1c1cc2nc(N3CC[C@H](N)C3)c(C)cn2n1. The molecule has 0 saturated carbocycles. The highest BCUT2D eigenvalue weighted by molar-refractivity contribution is 5.84. The average Bonchev–Trinajstić information content (AvgIpc) is 3.42. The molecule has 11 heteroatoms. The summed E-state index contributed by atoms with van der Waals surface area (Å²) in [5.41, 5.74) is 20.8. The molecule has 4 rings (SSSR count). The van der Waals surface area contributed by atoms with E-state index in [1.165, 1.54) is 0 Å². The highest BCUT2D eigenvalue weighted by atomic mass is 16.2. The monoisotopic (exact) mass is 457 g/mol. The third-order valence-corrected chi connectivity index (χ3v) is 6.60. The first-order chi connectivity index (χ1) is 15.8. The van der Waals surface area contributed by atoms with E-state index in [0.29, 0.717) is 6.54 Å². The van der Waals surface area contributed by atoms with E-state index in [9.17, 15) is 9.59 Å². The lowest BCUT2D eigenvalue weighted by Crippen LogP contribution is -2.60. The van der Waals surface area contributed by atoms with Crippen LogP contribution in [0.15, 0.2) is 12.3 Å². The van der Waals surface area contributed by atoms with Crippen LogP contribution in [0.3, 0.4) is 0 Å². The van der Waals surface area contributed by atoms with Crippen LogP contribution < -0.4 is 27.4 Å². The Balaban J connectivity index is 1.57. The second-order valence-electron chi connectivity index (χ2n) is 9.13. The number of nitrogens with zero attached hydrogens (tertiary/aromatic N) is 5. The third-order valence-electron chi connectivity index (χ3n) is 6.60. The highest BCUT2D eigenvalue weighted by Crippen LogP contribution is 2.32. The Morgan fingerprint density at radius 2 is 2.03 bits per heavy atom. The zero-order chi connectivity index (χ0) is 23.7. The molecule has 2 fully saturated rings. The van der Waals surface area contributed by atoms with Crippen LogP contribution in [0.5, 0.6) is 0 Å². The van der Waals surface area contributed by atoms with Gasteiger partial charge >= 0.3 is 0 Å². The third kappa shape index (κ3) is 4.80. The second-order valence-corrected chi connectivity index (χ2v) is 9.13. The Labute approximate surface area is 193 Å². The smallest absolute Gasteiger partial charge is 0.243 e. The number of rotatable bonds is 6. The van der Waals surface area contributed by atoms with Crippen LogP contribution in [-0.4, -0.2) is 69.2 Å². The Morgan fingerprint density at radius 3 is 2.73 bits per heavy atom. The summed E-state index contributed by atoms with van der Waals surface area (Å²) in [6.45, 7) is 6.00. The number of amides is 2. The predicted molar refractivity (Wildman–Crippen MR) is 125 cm³/mol. The first kappa shape index (κ1) is 23.4. The van der Waals surface area contributed by atoms with Crippen molar-refractivity contribution < 1.29 is 9.59 Å². The van der Waals surface area contributed by atoms with Crippen molar-refractivity contribution in [1.29, 1.82) is 0 Å². The molecule has 0 aliphatic carbocycles. The minimum absolute atomic E-state index is 0.169. The van der Waals surface area contributed by atoms with Gasteiger partial charge in [-0.05, 0) is 32.6 Å². The molecule has 11 nitrogen and oxygen atoms in total. The number of carbonyl (C=O) groups excluding carboxylic acids is 2. The number of carbonyl (C=O) groups is 2. The van der Waals surface area contributed by atoms with Gasteiger partial charge in [0.05, 0.1) is 11.7 Å². The van der Waals surface area contributed by atoms with Gasteiger partial charge in [-0.25, -0.2) is 9.50 Å². The molecule has 0 spiro atoms. The molecule has 2 aliphatic heterocycles. The fourth-order valence-corrected chi connectivity index (χ4v) is 4.71. The summed E-state index contributed by atoms with van der Waals surface area (Å²) in [4.78, 5) is 33.7. The molecule has 2 saturated heterocycles. The second kappa shape index (κ2) is 9.62. The number of hydrogen-bond donors (Lipinski definition) is 4. The van der Waals surface area contributed by atoms with Gasteiger partial charge in [-0.3, -0.25) is 9.59 Å². The summed E-state index contributed by atoms with van der Waals surface area (Å²) < 4.78 is 1.77. The summed E-state index contributed by atoms with van der Waals surface area (Å²) in [6.07, 6.45) is 4.92. The van der Waals surface area contributed by atoms with Gasteiger partial charge in [0.1, 0.15) is 18.0 Å². The van der Waals surface area contributed by atoms with Crippen LogP contribution >= 0.6 is 0 Å². The van der Waals surface area contributed by atoms with Crippen molar-refractivity contribution in [2.45, 2.75) is 70.2 Å². The lowest BCUT2D eigenvalue weighted by atomic mass is 9.98. The van der Waals surface area contributed by atoms with Gasteiger partial charge < -0.3 is 32.3 Å². The fraction of sp³-hybridized carbons (Fsp3) is 0.636. The number of nitrogens with two attached hydrogens (primary N) is 3. The molecule has 33 heavy (non-hydrogen) atoms. The van der Waals surface area contributed by atoms with Crippen molar-refractivity contribution in [3.8, 4) is 0 Å². The van der Waals surface area contributed by atoms with Crippen molar-refractivity contribution in [3.63, 3.8) is 0 Å². The summed E-state index contributed by atoms with van der Waals surface area (Å²) >= 11 is 0. The standard InChI is InChI=1S/C22H35N9O2/c1-3-18(32)27-20(25)19(24)22(33)30-8-5-4-6-16(30)15-10-17-26-21(13(2)11-31(17)28-15)29-9-7-14(23)12-29/h10-11,14,16,19-20H,3-9,12,23-25H2,1-2H3,(H,27,32)/t14-,16-,19?,20?/m0/s1. The molecule has 4 atom stereocenters. The van der Waals surface area contributed by atoms with Crippen LogP contribution in [0.4, 0.5) is 5.82 Å². The molecule has 2 aliphatic rings. The van der Waals surface area contributed by atoms with E-state index in [0.717, 1.165) is 61.5 Å². The first-order valence-electron chi connectivity index (χ1n) is 11.8. The quantitative estimate of drug-likeness (QED) is 0.432. The lowest BCUT2D eigenvalue weighted by molar-refractivity contribution is -0.137. The molecule has 7 N–H and O–H groups in total. The van der Waals surface area contributed by atoms with Gasteiger partial charge in [0.25, 0.3) is 0 Å². The molecular weight excluding hydrogens is 422 g/mol. The minimum Gasteiger partial charge on any atom is -0.355 e. The van der Waals surface area contributed by atoms with Crippen molar-refractivity contribution >= 4 is 23.3 Å². The van der Waals surface area contributed by atoms with Gasteiger partial charge in [-0.1, -0.05) is 6.92 Å². The molecule has 2 unspecified atom stereocenters. The maximum absolute atomic E-state index is 13.2. The number of hydrogen-bond acceptors (Lipinski definition) is 8. The van der Waals surface area contributed by atoms with E-state index < -0.39 is 12.2 Å². The lowest BCUT2D eigenvalue weighted by Gasteiger charge is -2.37. The summed E-state index contributed by atoms with van der Waals surface area (Å²) in [7, 11) is 0. The average molecular weight is 458 g/mol. The number of aromatic nitrogens is 3. The molecule has 2 amide bonds. The van der Waals surface area contributed by atoms with Crippen molar-refractivity contribution in [3.05, 3.63) is 23.5 Å². The predicted octanol–water partition coefficient (Wildman–Crippen LogP) is -0.233. The van der Waals surface area contributed by atoms with Gasteiger partial charge in [0.2, 0.25) is 11.8 Å². The van der Waals surface area contributed by atoms with E-state index in [1.54, 1.807) is 16.3 Å². The number of likely N-dealkylation sites (tertiary alicyclic amines) is 1. The molecule has 0 bridgehead atoms. The molecule has 4 heterocycles. The Morgan fingerprint density at radius 1 is 1.24 bits per heavy atom. The van der Waals surface area contributed by atoms with Gasteiger partial charge in [0.15, 0.2) is 5.65 Å². The molecule has 0 radical (unpaired) electrons. The largest absolute Gasteiger partial charge is 0.355 e. The van der Waals surface area contributed by atoms with Crippen molar-refractivity contribution in [1.82, 2.24) is 24.8 Å². The van der Waals surface area contributed by atoms with E-state index in [4.69, 9.17) is 27.3 Å². The Bertz CT molecular complexity index is 1020. The summed E-state index contributed by atoms with van der Waals surface area (Å²) in [5, 5.41) is 7.34. The molecule has 0 aromatic carbocycles. The minimum atomic E-state index is -1.02. The molecule has 180 valence electrons. The van der Waals surface area contributed by atoms with Gasteiger partial charge in [-0.15, -0.1) is 0 Å². The number of nitrogens with one attached hydrogen (secondary N) is 1. The number of fused-ring (bicyclic) bond motifs is 1. The van der Waals surface area contributed by atoms with Gasteiger partial charge in [0, 0.05) is 49.9 Å². The topological polar surface area (TPSA) is 161 Å². The number of anilines is 1. The van der Waals surface area contributed by atoms with Crippen LogP contribution in [0, 0.1) is 6.92 Å². The van der Waals surface area contributed by atoms with Crippen molar-refractivity contribution in [2.75, 3.05) is 24.5 Å². The van der Waals surface area contributed by atoms with E-state index >= 15 is 0 Å². The number of aryl methyl sites for hydroxylation is 1. The van der Waals surface area contributed by atoms with Crippen molar-refractivity contribution in [2.24, 2.45) is 17.2 Å².